The molecule has 9 heteroatoms. The molecule has 2 N–H and O–H groups in total. The molecule has 4 heterocycles. The van der Waals surface area contributed by atoms with E-state index in [1.807, 2.05) is 31.3 Å². The smallest absolute Gasteiger partial charge is 0.369 e. The van der Waals surface area contributed by atoms with Crippen LogP contribution in [0.3, 0.4) is 0 Å². The maximum absolute atomic E-state index is 11.9. The van der Waals surface area contributed by atoms with E-state index in [0.29, 0.717) is 13.1 Å². The van der Waals surface area contributed by atoms with Crippen molar-refractivity contribution in [2.24, 2.45) is 0 Å². The minimum absolute atomic E-state index is 0.0904. The predicted molar refractivity (Wildman–Crippen MR) is 143 cm³/mol. The van der Waals surface area contributed by atoms with Crippen molar-refractivity contribution in [2.75, 3.05) is 63.1 Å². The maximum atomic E-state index is 11.9. The van der Waals surface area contributed by atoms with Crippen LogP contribution in [0.2, 0.25) is 0 Å². The Balaban J connectivity index is 1.33. The molecule has 1 amide bonds. The zero-order valence-corrected chi connectivity index (χ0v) is 21.1. The third-order valence-electron chi connectivity index (χ3n) is 6.98. The molecule has 5 rings (SSSR count). The molecular weight excluding hydrogens is 454 g/mol. The Morgan fingerprint density at radius 1 is 1.11 bits per heavy atom. The van der Waals surface area contributed by atoms with Gasteiger partial charge in [-0.3, -0.25) is 4.98 Å². The lowest BCUT2D eigenvalue weighted by atomic mass is 10.1. The van der Waals surface area contributed by atoms with Crippen LogP contribution < -0.4 is 15.5 Å². The lowest BCUT2D eigenvalue weighted by molar-refractivity contribution is -0.106. The largest absolute Gasteiger partial charge is 0.426 e. The predicted octanol–water partition coefficient (Wildman–Crippen LogP) is 3.59. The van der Waals surface area contributed by atoms with Gasteiger partial charge in [0.05, 0.1) is 17.3 Å². The van der Waals surface area contributed by atoms with Crippen LogP contribution >= 0.6 is 0 Å². The molecule has 1 atom stereocenters. The first-order valence-corrected chi connectivity index (χ1v) is 12.9. The number of pyridine rings is 2. The summed E-state index contributed by atoms with van der Waals surface area (Å²) >= 11 is 0. The Morgan fingerprint density at radius 2 is 1.92 bits per heavy atom. The number of nitrogens with one attached hydrogen (secondary N) is 2. The first-order chi connectivity index (χ1) is 17.6. The summed E-state index contributed by atoms with van der Waals surface area (Å²) in [4.78, 5) is 31.8. The Bertz CT molecular complexity index is 1180. The van der Waals surface area contributed by atoms with Crippen LogP contribution in [0, 0.1) is 0 Å². The number of hydrogen-bond donors (Lipinski definition) is 2. The van der Waals surface area contributed by atoms with Crippen molar-refractivity contribution in [3.8, 4) is 11.3 Å². The highest BCUT2D eigenvalue weighted by molar-refractivity contribution is 5.92. The standard InChI is InChI=1S/C27H35N7O2/c1-3-28-27(35)36-34-13-5-6-22(34)19-30-26-23-7-4-12-29-25(23)18-24(31-26)20-8-10-21(11-9-20)33-16-14-32(2)15-17-33/h4,7-12,18,22H,3,5-6,13-17,19H2,1-2H3,(H,28,35)(H,30,31). The zero-order valence-electron chi connectivity index (χ0n) is 21.1. The maximum Gasteiger partial charge on any atom is 0.426 e. The Morgan fingerprint density at radius 3 is 2.69 bits per heavy atom. The fourth-order valence-corrected chi connectivity index (χ4v) is 4.90. The molecule has 9 nitrogen and oxygen atoms in total. The second-order valence-corrected chi connectivity index (χ2v) is 9.49. The number of benzene rings is 1. The van der Waals surface area contributed by atoms with Gasteiger partial charge in [-0.1, -0.05) is 12.1 Å². The molecule has 190 valence electrons. The molecule has 1 unspecified atom stereocenters. The van der Waals surface area contributed by atoms with Gasteiger partial charge < -0.3 is 25.3 Å². The van der Waals surface area contributed by atoms with Crippen LogP contribution in [-0.2, 0) is 4.84 Å². The van der Waals surface area contributed by atoms with Gasteiger partial charge in [0.15, 0.2) is 0 Å². The number of fused-ring (bicyclic) bond motifs is 1. The third-order valence-corrected chi connectivity index (χ3v) is 6.98. The molecule has 2 aromatic heterocycles. The Labute approximate surface area is 212 Å². The van der Waals surface area contributed by atoms with E-state index in [4.69, 9.17) is 9.82 Å². The molecule has 2 fully saturated rings. The summed E-state index contributed by atoms with van der Waals surface area (Å²) < 4.78 is 0. The van der Waals surface area contributed by atoms with E-state index in [2.05, 4.69) is 56.7 Å². The highest BCUT2D eigenvalue weighted by Crippen LogP contribution is 2.29. The highest BCUT2D eigenvalue weighted by atomic mass is 16.7. The fraction of sp³-hybridized carbons (Fsp3) is 0.444. The number of aromatic nitrogens is 2. The molecule has 0 saturated carbocycles. The first kappa shape index (κ1) is 24.3. The topological polar surface area (TPSA) is 85.9 Å². The van der Waals surface area contributed by atoms with Gasteiger partial charge in [0, 0.05) is 68.6 Å². The van der Waals surface area contributed by atoms with E-state index in [-0.39, 0.29) is 6.04 Å². The zero-order chi connectivity index (χ0) is 24.9. The van der Waals surface area contributed by atoms with E-state index < -0.39 is 6.09 Å². The average Bonchev–Trinajstić information content (AvgIpc) is 3.34. The minimum Gasteiger partial charge on any atom is -0.369 e. The lowest BCUT2D eigenvalue weighted by Gasteiger charge is -2.34. The van der Waals surface area contributed by atoms with Crippen molar-refractivity contribution in [3.05, 3.63) is 48.7 Å². The number of hydrogen-bond acceptors (Lipinski definition) is 8. The molecule has 0 aliphatic carbocycles. The number of anilines is 2. The molecule has 2 saturated heterocycles. The molecular formula is C27H35N7O2. The number of carbonyl (C=O) groups excluding carboxylic acids is 1. The van der Waals surface area contributed by atoms with Gasteiger partial charge in [-0.2, -0.15) is 0 Å². The van der Waals surface area contributed by atoms with Crippen molar-refractivity contribution in [1.29, 1.82) is 0 Å². The lowest BCUT2D eigenvalue weighted by Crippen LogP contribution is -2.44. The van der Waals surface area contributed by atoms with Crippen molar-refractivity contribution >= 4 is 28.5 Å². The number of amides is 1. The molecule has 36 heavy (non-hydrogen) atoms. The van der Waals surface area contributed by atoms with Gasteiger partial charge >= 0.3 is 6.09 Å². The monoisotopic (exact) mass is 489 g/mol. The molecule has 0 spiro atoms. The number of nitrogens with zero attached hydrogens (tertiary/aromatic N) is 5. The van der Waals surface area contributed by atoms with Crippen LogP contribution in [-0.4, -0.2) is 84.9 Å². The molecule has 1 aromatic carbocycles. The van der Waals surface area contributed by atoms with Gasteiger partial charge in [0.25, 0.3) is 0 Å². The van der Waals surface area contributed by atoms with Crippen LogP contribution in [0.4, 0.5) is 16.3 Å². The summed E-state index contributed by atoms with van der Waals surface area (Å²) in [6.07, 6.45) is 3.35. The summed E-state index contributed by atoms with van der Waals surface area (Å²) in [5.41, 5.74) is 4.09. The summed E-state index contributed by atoms with van der Waals surface area (Å²) in [7, 11) is 2.17. The number of likely N-dealkylation sites (N-methyl/N-ethyl adjacent to an activating group) is 1. The van der Waals surface area contributed by atoms with Crippen LogP contribution in [0.25, 0.3) is 22.2 Å². The third kappa shape index (κ3) is 5.52. The normalized spacial score (nSPS) is 18.9. The number of rotatable bonds is 7. The summed E-state index contributed by atoms with van der Waals surface area (Å²) in [6, 6.07) is 14.8. The number of piperazine rings is 1. The van der Waals surface area contributed by atoms with E-state index in [0.717, 1.165) is 73.5 Å². The van der Waals surface area contributed by atoms with Gasteiger partial charge in [-0.05, 0) is 57.1 Å². The van der Waals surface area contributed by atoms with Gasteiger partial charge in [-0.25, -0.2) is 9.78 Å². The summed E-state index contributed by atoms with van der Waals surface area (Å²) in [6.45, 7) is 8.04. The van der Waals surface area contributed by atoms with Crippen molar-refractivity contribution < 1.29 is 9.63 Å². The first-order valence-electron chi connectivity index (χ1n) is 12.9. The van der Waals surface area contributed by atoms with Crippen LogP contribution in [0.15, 0.2) is 48.7 Å². The van der Waals surface area contributed by atoms with Gasteiger partial charge in [0.1, 0.15) is 5.82 Å². The fourth-order valence-electron chi connectivity index (χ4n) is 4.90. The molecule has 0 bridgehead atoms. The summed E-state index contributed by atoms with van der Waals surface area (Å²) in [5.74, 6) is 0.795. The van der Waals surface area contributed by atoms with Gasteiger partial charge in [0.2, 0.25) is 0 Å². The Kier molecular flexibility index (Phi) is 7.48. The molecule has 2 aliphatic heterocycles. The summed E-state index contributed by atoms with van der Waals surface area (Å²) in [5, 5.41) is 8.97. The van der Waals surface area contributed by atoms with Crippen LogP contribution in [0.1, 0.15) is 19.8 Å². The van der Waals surface area contributed by atoms with E-state index >= 15 is 0 Å². The molecule has 3 aromatic rings. The minimum atomic E-state index is -0.404. The van der Waals surface area contributed by atoms with E-state index in [9.17, 15) is 4.79 Å². The number of hydroxylamine groups is 2. The Hall–Kier alpha value is -3.43. The van der Waals surface area contributed by atoms with Crippen molar-refractivity contribution in [1.82, 2.24) is 25.2 Å². The second kappa shape index (κ2) is 11.1. The SMILES string of the molecule is CCNC(=O)ON1CCCC1CNc1nc(-c2ccc(N3CCN(C)CC3)cc2)cc2ncccc12. The quantitative estimate of drug-likeness (QED) is 0.521. The molecule has 0 radical (unpaired) electrons. The average molecular weight is 490 g/mol. The highest BCUT2D eigenvalue weighted by Gasteiger charge is 2.28. The van der Waals surface area contributed by atoms with Crippen molar-refractivity contribution in [2.45, 2.75) is 25.8 Å². The number of carbonyl (C=O) groups is 1. The van der Waals surface area contributed by atoms with E-state index in [1.165, 1.54) is 5.69 Å². The van der Waals surface area contributed by atoms with E-state index in [1.54, 1.807) is 5.06 Å². The van der Waals surface area contributed by atoms with Crippen LogP contribution in [0.5, 0.6) is 0 Å². The second-order valence-electron chi connectivity index (χ2n) is 9.49. The van der Waals surface area contributed by atoms with Crippen molar-refractivity contribution in [3.63, 3.8) is 0 Å². The molecule has 2 aliphatic rings. The van der Waals surface area contributed by atoms with Gasteiger partial charge in [-0.15, -0.1) is 5.06 Å².